The Morgan fingerprint density at radius 3 is 2.44 bits per heavy atom. The summed E-state index contributed by atoms with van der Waals surface area (Å²) in [6.45, 7) is 3.92. The molecule has 0 amide bonds. The van der Waals surface area contributed by atoms with Crippen molar-refractivity contribution >= 4 is 0 Å². The van der Waals surface area contributed by atoms with Crippen molar-refractivity contribution in [3.8, 4) is 0 Å². The Bertz CT molecular complexity index is 335. The summed E-state index contributed by atoms with van der Waals surface area (Å²) in [5, 5.41) is 9.55. The van der Waals surface area contributed by atoms with Crippen molar-refractivity contribution in [2.24, 2.45) is 11.7 Å². The van der Waals surface area contributed by atoms with Gasteiger partial charge in [0, 0.05) is 31.7 Å². The average Bonchev–Trinajstić information content (AvgIpc) is 2.46. The number of rotatable bonds is 5. The number of hydrogen-bond acceptors (Lipinski definition) is 4. The smallest absolute Gasteiger partial charge is 0.0594 e. The van der Waals surface area contributed by atoms with E-state index in [0.29, 0.717) is 6.54 Å². The maximum Gasteiger partial charge on any atom is 0.0594 e. The number of nitrogens with zero attached hydrogens (tertiary/aromatic N) is 1. The quantitative estimate of drug-likeness (QED) is 0.804. The van der Waals surface area contributed by atoms with Crippen LogP contribution in [0, 0.1) is 5.92 Å². The van der Waals surface area contributed by atoms with E-state index in [1.807, 2.05) is 18.2 Å². The van der Waals surface area contributed by atoms with Crippen molar-refractivity contribution < 1.29 is 9.84 Å². The lowest BCUT2D eigenvalue weighted by atomic mass is 9.91. The summed E-state index contributed by atoms with van der Waals surface area (Å²) in [6.07, 6.45) is 0. The molecule has 4 nitrogen and oxygen atoms in total. The Balaban J connectivity index is 2.21. The number of nitrogens with two attached hydrogens (primary N) is 1. The third-order valence-corrected chi connectivity index (χ3v) is 3.56. The van der Waals surface area contributed by atoms with Gasteiger partial charge in [-0.3, -0.25) is 4.90 Å². The van der Waals surface area contributed by atoms with Crippen molar-refractivity contribution in [1.29, 1.82) is 0 Å². The van der Waals surface area contributed by atoms with E-state index in [0.717, 1.165) is 26.3 Å². The molecular weight excluding hydrogens is 228 g/mol. The molecule has 2 atom stereocenters. The van der Waals surface area contributed by atoms with E-state index in [9.17, 15) is 5.11 Å². The molecule has 1 aliphatic rings. The highest BCUT2D eigenvalue weighted by molar-refractivity contribution is 5.20. The maximum absolute atomic E-state index is 9.55. The monoisotopic (exact) mass is 250 g/mol. The third-order valence-electron chi connectivity index (χ3n) is 3.56. The molecule has 2 rings (SSSR count). The Hall–Kier alpha value is -0.940. The molecule has 0 spiro atoms. The van der Waals surface area contributed by atoms with Crippen LogP contribution in [-0.4, -0.2) is 49.5 Å². The highest BCUT2D eigenvalue weighted by Crippen LogP contribution is 2.28. The van der Waals surface area contributed by atoms with Gasteiger partial charge in [0.15, 0.2) is 0 Å². The minimum Gasteiger partial charge on any atom is -0.396 e. The van der Waals surface area contributed by atoms with Crippen molar-refractivity contribution in [3.05, 3.63) is 35.9 Å². The summed E-state index contributed by atoms with van der Waals surface area (Å²) in [4.78, 5) is 2.37. The molecule has 4 heteroatoms. The molecule has 1 aromatic rings. The van der Waals surface area contributed by atoms with E-state index >= 15 is 0 Å². The number of aliphatic hydroxyl groups is 1. The fourth-order valence-electron chi connectivity index (χ4n) is 2.59. The normalized spacial score (nSPS) is 20.6. The summed E-state index contributed by atoms with van der Waals surface area (Å²) in [5.74, 6) is 0.0745. The molecule has 3 N–H and O–H groups in total. The Kier molecular flexibility index (Phi) is 5.13. The van der Waals surface area contributed by atoms with E-state index in [1.54, 1.807) is 0 Å². The fourth-order valence-corrected chi connectivity index (χ4v) is 2.59. The topological polar surface area (TPSA) is 58.7 Å². The standard InChI is InChI=1S/C14H22N2O2/c15-10-13(11-17)14(12-4-2-1-3-5-12)16-6-8-18-9-7-16/h1-5,13-14,17H,6-11,15H2/t13-,14-/m0/s1. The molecule has 1 aromatic carbocycles. The van der Waals surface area contributed by atoms with Gasteiger partial charge in [0.1, 0.15) is 0 Å². The molecule has 0 radical (unpaired) electrons. The predicted molar refractivity (Wildman–Crippen MR) is 71.2 cm³/mol. The second-order valence-corrected chi connectivity index (χ2v) is 4.68. The highest BCUT2D eigenvalue weighted by atomic mass is 16.5. The molecule has 1 saturated heterocycles. The first kappa shape index (κ1) is 13.5. The summed E-state index contributed by atoms with van der Waals surface area (Å²) >= 11 is 0. The van der Waals surface area contributed by atoms with Gasteiger partial charge < -0.3 is 15.6 Å². The van der Waals surface area contributed by atoms with E-state index in [2.05, 4.69) is 17.0 Å². The van der Waals surface area contributed by atoms with Gasteiger partial charge in [-0.1, -0.05) is 30.3 Å². The lowest BCUT2D eigenvalue weighted by molar-refractivity contribution is -0.00484. The van der Waals surface area contributed by atoms with Gasteiger partial charge in [-0.15, -0.1) is 0 Å². The first-order valence-corrected chi connectivity index (χ1v) is 6.54. The van der Waals surface area contributed by atoms with Crippen molar-refractivity contribution in [2.45, 2.75) is 6.04 Å². The van der Waals surface area contributed by atoms with Crippen LogP contribution >= 0.6 is 0 Å². The molecule has 0 saturated carbocycles. The number of ether oxygens (including phenoxy) is 1. The molecule has 1 heterocycles. The maximum atomic E-state index is 9.55. The Morgan fingerprint density at radius 1 is 1.22 bits per heavy atom. The van der Waals surface area contributed by atoms with Crippen LogP contribution in [0.1, 0.15) is 11.6 Å². The Labute approximate surface area is 108 Å². The number of morpholine rings is 1. The largest absolute Gasteiger partial charge is 0.396 e. The number of hydrogen-bond donors (Lipinski definition) is 2. The van der Waals surface area contributed by atoms with Gasteiger partial charge in [-0.2, -0.15) is 0 Å². The van der Waals surface area contributed by atoms with Crippen LogP contribution in [0.2, 0.25) is 0 Å². The lowest BCUT2D eigenvalue weighted by Gasteiger charge is -2.38. The van der Waals surface area contributed by atoms with E-state index in [1.165, 1.54) is 5.56 Å². The van der Waals surface area contributed by atoms with E-state index in [-0.39, 0.29) is 18.6 Å². The summed E-state index contributed by atoms with van der Waals surface area (Å²) < 4.78 is 5.40. The number of benzene rings is 1. The highest BCUT2D eigenvalue weighted by Gasteiger charge is 2.28. The van der Waals surface area contributed by atoms with Crippen LogP contribution in [0.4, 0.5) is 0 Å². The van der Waals surface area contributed by atoms with Gasteiger partial charge in [-0.25, -0.2) is 0 Å². The second kappa shape index (κ2) is 6.85. The molecule has 1 aliphatic heterocycles. The summed E-state index contributed by atoms with van der Waals surface area (Å²) in [6, 6.07) is 10.5. The van der Waals surface area contributed by atoms with Gasteiger partial charge in [-0.05, 0) is 12.1 Å². The lowest BCUT2D eigenvalue weighted by Crippen LogP contribution is -2.44. The van der Waals surface area contributed by atoms with E-state index < -0.39 is 0 Å². The molecule has 0 unspecified atom stereocenters. The van der Waals surface area contributed by atoms with Crippen LogP contribution in [0.5, 0.6) is 0 Å². The first-order chi connectivity index (χ1) is 8.86. The van der Waals surface area contributed by atoms with Crippen LogP contribution < -0.4 is 5.73 Å². The summed E-state index contributed by atoms with van der Waals surface area (Å²) in [5.41, 5.74) is 7.04. The third kappa shape index (κ3) is 3.09. The van der Waals surface area contributed by atoms with Crippen LogP contribution in [0.15, 0.2) is 30.3 Å². The minimum absolute atomic E-state index is 0.0745. The predicted octanol–water partition coefficient (Wildman–Crippen LogP) is 0.627. The fraction of sp³-hybridized carbons (Fsp3) is 0.571. The first-order valence-electron chi connectivity index (χ1n) is 6.54. The molecule has 100 valence electrons. The molecule has 18 heavy (non-hydrogen) atoms. The zero-order valence-corrected chi connectivity index (χ0v) is 10.7. The number of aliphatic hydroxyl groups excluding tert-OH is 1. The molecule has 0 aromatic heterocycles. The minimum atomic E-state index is 0.0745. The summed E-state index contributed by atoms with van der Waals surface area (Å²) in [7, 11) is 0. The van der Waals surface area contributed by atoms with Crippen LogP contribution in [-0.2, 0) is 4.74 Å². The van der Waals surface area contributed by atoms with Gasteiger partial charge in [0.2, 0.25) is 0 Å². The molecule has 0 bridgehead atoms. The van der Waals surface area contributed by atoms with Crippen molar-refractivity contribution in [3.63, 3.8) is 0 Å². The SMILES string of the molecule is NC[C@@H](CO)[C@H](c1ccccc1)N1CCOCC1. The van der Waals surface area contributed by atoms with Gasteiger partial charge in [0.05, 0.1) is 13.2 Å². The van der Waals surface area contributed by atoms with Crippen LogP contribution in [0.25, 0.3) is 0 Å². The average molecular weight is 250 g/mol. The van der Waals surface area contributed by atoms with Crippen molar-refractivity contribution in [1.82, 2.24) is 4.90 Å². The van der Waals surface area contributed by atoms with Gasteiger partial charge in [0.25, 0.3) is 0 Å². The second-order valence-electron chi connectivity index (χ2n) is 4.68. The zero-order valence-electron chi connectivity index (χ0n) is 10.7. The van der Waals surface area contributed by atoms with E-state index in [4.69, 9.17) is 10.5 Å². The van der Waals surface area contributed by atoms with Crippen LogP contribution in [0.3, 0.4) is 0 Å². The molecule has 1 fully saturated rings. The molecular formula is C14H22N2O2. The zero-order chi connectivity index (χ0) is 12.8. The van der Waals surface area contributed by atoms with Gasteiger partial charge >= 0.3 is 0 Å². The molecule has 0 aliphatic carbocycles. The van der Waals surface area contributed by atoms with Crippen molar-refractivity contribution in [2.75, 3.05) is 39.5 Å². The Morgan fingerprint density at radius 2 is 1.89 bits per heavy atom.